The Bertz CT molecular complexity index is 1080. The van der Waals surface area contributed by atoms with Gasteiger partial charge in [0.05, 0.1) is 30.0 Å². The Morgan fingerprint density at radius 3 is 2.70 bits per heavy atom. The summed E-state index contributed by atoms with van der Waals surface area (Å²) in [5.41, 5.74) is 1.56. The van der Waals surface area contributed by atoms with Crippen LogP contribution in [0.4, 0.5) is 20.3 Å². The van der Waals surface area contributed by atoms with Crippen LogP contribution in [0.3, 0.4) is 0 Å². The van der Waals surface area contributed by atoms with Crippen molar-refractivity contribution in [2.45, 2.75) is 25.2 Å². The third kappa shape index (κ3) is 4.27. The number of carbonyl (C=O) groups excluding carboxylic acids is 1. The molecular weight excluding hydrogens is 394 g/mol. The van der Waals surface area contributed by atoms with Crippen molar-refractivity contribution < 1.29 is 18.3 Å². The molecule has 1 fully saturated rings. The number of benzene rings is 1. The number of anilines is 2. The minimum atomic E-state index is -2.72. The quantitative estimate of drug-likeness (QED) is 0.700. The van der Waals surface area contributed by atoms with E-state index in [9.17, 15) is 13.6 Å². The monoisotopic (exact) mass is 414 g/mol. The lowest BCUT2D eigenvalue weighted by Gasteiger charge is -2.23. The fraction of sp³-hybridized carbons (Fsp3) is 0.350. The van der Waals surface area contributed by atoms with E-state index in [1.807, 2.05) is 6.07 Å². The minimum absolute atomic E-state index is 0.0645. The van der Waals surface area contributed by atoms with Crippen molar-refractivity contribution in [3.63, 3.8) is 0 Å². The fourth-order valence-corrected chi connectivity index (χ4v) is 3.34. The Morgan fingerprint density at radius 2 is 1.93 bits per heavy atom. The average Bonchev–Trinajstić information content (AvgIpc) is 2.93. The average molecular weight is 414 g/mol. The van der Waals surface area contributed by atoms with Gasteiger partial charge in [0.15, 0.2) is 11.5 Å². The number of para-hydroxylation sites is 2. The molecule has 3 aromatic rings. The van der Waals surface area contributed by atoms with Gasteiger partial charge in [-0.1, -0.05) is 12.1 Å². The number of fused-ring (bicyclic) bond motifs is 1. The zero-order chi connectivity index (χ0) is 21.1. The maximum Gasteiger partial charge on any atom is 0.278 e. The van der Waals surface area contributed by atoms with Crippen molar-refractivity contribution in [2.24, 2.45) is 0 Å². The highest BCUT2D eigenvalue weighted by Gasteiger charge is 2.33. The van der Waals surface area contributed by atoms with Crippen LogP contribution in [0.2, 0.25) is 0 Å². The number of halogens is 2. The first-order valence-corrected chi connectivity index (χ1v) is 9.53. The number of nitrogens with zero attached hydrogens (tertiary/aromatic N) is 5. The van der Waals surface area contributed by atoms with E-state index in [1.54, 1.807) is 23.1 Å². The highest BCUT2D eigenvalue weighted by molar-refractivity contribution is 6.07. The number of rotatable bonds is 4. The van der Waals surface area contributed by atoms with E-state index in [0.29, 0.717) is 29.7 Å². The molecule has 0 bridgehead atoms. The van der Waals surface area contributed by atoms with Gasteiger partial charge in [-0.2, -0.15) is 5.10 Å². The maximum atomic E-state index is 13.9. The predicted molar refractivity (Wildman–Crippen MR) is 107 cm³/mol. The Kier molecular flexibility index (Phi) is 5.39. The molecule has 0 radical (unpaired) electrons. The van der Waals surface area contributed by atoms with Gasteiger partial charge in [0.1, 0.15) is 0 Å². The summed E-state index contributed by atoms with van der Waals surface area (Å²) in [6.45, 7) is 0.457. The molecule has 2 aromatic heterocycles. The van der Waals surface area contributed by atoms with Gasteiger partial charge in [-0.25, -0.2) is 18.7 Å². The summed E-state index contributed by atoms with van der Waals surface area (Å²) < 4.78 is 32.7. The largest absolute Gasteiger partial charge is 0.480 e. The van der Waals surface area contributed by atoms with E-state index in [2.05, 4.69) is 25.5 Å². The molecule has 1 N–H and O–H groups in total. The van der Waals surface area contributed by atoms with E-state index in [0.717, 1.165) is 0 Å². The molecule has 0 aliphatic carbocycles. The molecule has 3 heterocycles. The zero-order valence-corrected chi connectivity index (χ0v) is 16.3. The van der Waals surface area contributed by atoms with Gasteiger partial charge in [-0.05, 0) is 18.6 Å². The van der Waals surface area contributed by atoms with Crippen molar-refractivity contribution in [3.05, 3.63) is 42.2 Å². The number of amides is 1. The number of methoxy groups -OCH3 is 1. The molecule has 10 heteroatoms. The van der Waals surface area contributed by atoms with Gasteiger partial charge < -0.3 is 15.0 Å². The standard InChI is InChI=1S/C20H20F2N6O2/c1-30-16-11-13(12-23-27-16)24-19(29)17-18(26-15-6-3-2-5-14(15)25-17)28-9-4-7-20(21,22)8-10-28/h2-3,5-6,11-12H,4,7-10H2,1H3,(H,24,27,29). The van der Waals surface area contributed by atoms with Crippen LogP contribution in [0.1, 0.15) is 29.8 Å². The molecule has 1 amide bonds. The Morgan fingerprint density at radius 1 is 1.17 bits per heavy atom. The van der Waals surface area contributed by atoms with Crippen LogP contribution in [-0.2, 0) is 0 Å². The first kappa shape index (κ1) is 19.9. The van der Waals surface area contributed by atoms with E-state index >= 15 is 0 Å². The second kappa shape index (κ2) is 8.13. The summed E-state index contributed by atoms with van der Waals surface area (Å²) in [4.78, 5) is 23.8. The molecule has 0 unspecified atom stereocenters. The Hall–Kier alpha value is -3.43. The van der Waals surface area contributed by atoms with E-state index in [1.165, 1.54) is 19.4 Å². The van der Waals surface area contributed by atoms with Crippen LogP contribution < -0.4 is 15.0 Å². The number of ether oxygens (including phenoxy) is 1. The van der Waals surface area contributed by atoms with Crippen LogP contribution in [-0.4, -0.2) is 52.2 Å². The number of nitrogens with one attached hydrogen (secondary N) is 1. The lowest BCUT2D eigenvalue weighted by Crippen LogP contribution is -2.30. The first-order chi connectivity index (χ1) is 14.4. The lowest BCUT2D eigenvalue weighted by molar-refractivity contribution is -0.0102. The number of hydrogen-bond acceptors (Lipinski definition) is 7. The smallest absolute Gasteiger partial charge is 0.278 e. The highest BCUT2D eigenvalue weighted by atomic mass is 19.3. The van der Waals surface area contributed by atoms with Crippen molar-refractivity contribution in [3.8, 4) is 5.88 Å². The molecule has 1 aliphatic rings. The van der Waals surface area contributed by atoms with Crippen LogP contribution in [0.25, 0.3) is 11.0 Å². The molecule has 4 rings (SSSR count). The summed E-state index contributed by atoms with van der Waals surface area (Å²) in [6.07, 6.45) is 1.19. The lowest BCUT2D eigenvalue weighted by atomic mass is 10.1. The van der Waals surface area contributed by atoms with Crippen molar-refractivity contribution in [2.75, 3.05) is 30.4 Å². The van der Waals surface area contributed by atoms with Gasteiger partial charge >= 0.3 is 0 Å². The van der Waals surface area contributed by atoms with Crippen LogP contribution in [0.15, 0.2) is 36.5 Å². The summed E-state index contributed by atoms with van der Waals surface area (Å²) in [5, 5.41) is 10.2. The van der Waals surface area contributed by atoms with Gasteiger partial charge in [0, 0.05) is 32.0 Å². The molecule has 0 atom stereocenters. The molecule has 1 aliphatic heterocycles. The third-order valence-electron chi connectivity index (χ3n) is 4.88. The molecule has 1 saturated heterocycles. The molecule has 1 aromatic carbocycles. The molecule has 8 nitrogen and oxygen atoms in total. The fourth-order valence-electron chi connectivity index (χ4n) is 3.34. The number of carbonyl (C=O) groups is 1. The predicted octanol–water partition coefficient (Wildman–Crippen LogP) is 3.31. The molecular formula is C20H20F2N6O2. The van der Waals surface area contributed by atoms with Crippen LogP contribution in [0.5, 0.6) is 5.88 Å². The molecule has 0 saturated carbocycles. The summed E-state index contributed by atoms with van der Waals surface area (Å²) >= 11 is 0. The summed E-state index contributed by atoms with van der Waals surface area (Å²) in [6, 6.07) is 8.65. The SMILES string of the molecule is COc1cc(NC(=O)c2nc3ccccc3nc2N2CCCC(F)(F)CC2)cnn1. The summed E-state index contributed by atoms with van der Waals surface area (Å²) in [5.74, 6) is -2.71. The van der Waals surface area contributed by atoms with Crippen LogP contribution in [0, 0.1) is 0 Å². The highest BCUT2D eigenvalue weighted by Crippen LogP contribution is 2.31. The second-order valence-corrected chi connectivity index (χ2v) is 7.02. The normalized spacial score (nSPS) is 16.2. The van der Waals surface area contributed by atoms with Gasteiger partial charge in [0.25, 0.3) is 5.91 Å². The maximum absolute atomic E-state index is 13.9. The van der Waals surface area contributed by atoms with Gasteiger partial charge in [0.2, 0.25) is 11.8 Å². The van der Waals surface area contributed by atoms with Gasteiger partial charge in [-0.15, -0.1) is 5.10 Å². The van der Waals surface area contributed by atoms with Gasteiger partial charge in [-0.3, -0.25) is 4.79 Å². The summed E-state index contributed by atoms with van der Waals surface area (Å²) in [7, 11) is 1.44. The topological polar surface area (TPSA) is 93.1 Å². The van der Waals surface area contributed by atoms with E-state index < -0.39 is 11.8 Å². The number of alkyl halides is 2. The van der Waals surface area contributed by atoms with Crippen LogP contribution >= 0.6 is 0 Å². The molecule has 156 valence electrons. The molecule has 30 heavy (non-hydrogen) atoms. The minimum Gasteiger partial charge on any atom is -0.480 e. The Labute approximate surface area is 171 Å². The Balaban J connectivity index is 1.71. The molecule has 0 spiro atoms. The number of aromatic nitrogens is 4. The van der Waals surface area contributed by atoms with E-state index in [4.69, 9.17) is 4.74 Å². The second-order valence-electron chi connectivity index (χ2n) is 7.02. The van der Waals surface area contributed by atoms with Crippen molar-refractivity contribution >= 4 is 28.4 Å². The van der Waals surface area contributed by atoms with Crippen molar-refractivity contribution in [1.82, 2.24) is 20.2 Å². The van der Waals surface area contributed by atoms with E-state index in [-0.39, 0.29) is 36.8 Å². The third-order valence-corrected chi connectivity index (χ3v) is 4.88. The zero-order valence-electron chi connectivity index (χ0n) is 16.3. The van der Waals surface area contributed by atoms with Crippen molar-refractivity contribution in [1.29, 1.82) is 0 Å². The first-order valence-electron chi connectivity index (χ1n) is 9.53. The number of hydrogen-bond donors (Lipinski definition) is 1.